The van der Waals surface area contributed by atoms with Crippen molar-refractivity contribution in [3.8, 4) is 5.75 Å². The second kappa shape index (κ2) is 4.15. The molecule has 0 saturated carbocycles. The highest BCUT2D eigenvalue weighted by atomic mass is 28.4. The summed E-state index contributed by atoms with van der Waals surface area (Å²) >= 11 is 0. The Labute approximate surface area is 90.4 Å². The molecular weight excluding hydrogens is 204 g/mol. The van der Waals surface area contributed by atoms with E-state index in [1.165, 1.54) is 10.8 Å². The van der Waals surface area contributed by atoms with Crippen molar-refractivity contribution in [3.05, 3.63) is 30.3 Å². The van der Waals surface area contributed by atoms with E-state index in [0.29, 0.717) is 0 Å². The van der Waals surface area contributed by atoms with Gasteiger partial charge < -0.3 is 4.43 Å². The first-order valence-electron chi connectivity index (χ1n) is 4.85. The van der Waals surface area contributed by atoms with Crippen LogP contribution in [0.15, 0.2) is 24.8 Å². The summed E-state index contributed by atoms with van der Waals surface area (Å²) in [4.78, 5) is 0. The molecule has 1 nitrogen and oxygen atoms in total. The van der Waals surface area contributed by atoms with Gasteiger partial charge in [0.15, 0.2) is 0 Å². The van der Waals surface area contributed by atoms with Crippen molar-refractivity contribution in [2.24, 2.45) is 0 Å². The van der Waals surface area contributed by atoms with Crippen LogP contribution in [0.1, 0.15) is 5.56 Å². The van der Waals surface area contributed by atoms with Crippen LogP contribution in [0.2, 0.25) is 19.6 Å². The summed E-state index contributed by atoms with van der Waals surface area (Å²) in [6, 6.07) is 6.19. The zero-order chi connectivity index (χ0) is 10.8. The topological polar surface area (TPSA) is 9.23 Å². The van der Waals surface area contributed by atoms with E-state index in [-0.39, 0.29) is 0 Å². The zero-order valence-electron chi connectivity index (χ0n) is 9.42. The van der Waals surface area contributed by atoms with Crippen molar-refractivity contribution in [2.45, 2.75) is 19.6 Å². The van der Waals surface area contributed by atoms with Gasteiger partial charge in [0.2, 0.25) is 8.32 Å². The first-order valence-corrected chi connectivity index (χ1v) is 9.26. The van der Waals surface area contributed by atoms with Crippen molar-refractivity contribution >= 4 is 29.8 Å². The summed E-state index contributed by atoms with van der Waals surface area (Å²) in [6.07, 6.45) is 1.90. The molecule has 0 N–H and O–H groups in total. The molecule has 0 aliphatic heterocycles. The zero-order valence-corrected chi connectivity index (χ0v) is 12.4. The molecule has 0 bridgehead atoms. The number of hydrogen-bond donors (Lipinski definition) is 0. The molecule has 1 rings (SSSR count). The molecule has 0 aromatic heterocycles. The van der Waals surface area contributed by atoms with Gasteiger partial charge in [-0.15, -0.1) is 0 Å². The van der Waals surface area contributed by atoms with E-state index in [9.17, 15) is 0 Å². The van der Waals surface area contributed by atoms with E-state index in [1.54, 1.807) is 0 Å². The van der Waals surface area contributed by atoms with Crippen LogP contribution in [0, 0.1) is 0 Å². The molecular formula is C11H18OSi2. The number of benzene rings is 1. The molecule has 0 amide bonds. The number of rotatable bonds is 3. The van der Waals surface area contributed by atoms with E-state index in [0.717, 1.165) is 16.0 Å². The van der Waals surface area contributed by atoms with Gasteiger partial charge in [-0.25, -0.2) is 0 Å². The molecule has 0 spiro atoms. The van der Waals surface area contributed by atoms with Gasteiger partial charge in [0.1, 0.15) is 5.75 Å². The van der Waals surface area contributed by atoms with Crippen LogP contribution in [0.5, 0.6) is 5.75 Å². The third-order valence-electron chi connectivity index (χ3n) is 1.96. The van der Waals surface area contributed by atoms with Crippen molar-refractivity contribution < 1.29 is 4.43 Å². The molecule has 0 fully saturated rings. The molecule has 0 aliphatic carbocycles. The Morgan fingerprint density at radius 1 is 1.36 bits per heavy atom. The van der Waals surface area contributed by atoms with Crippen LogP contribution in [0.4, 0.5) is 0 Å². The molecule has 0 aliphatic rings. The predicted molar refractivity (Wildman–Crippen MR) is 70.1 cm³/mol. The van der Waals surface area contributed by atoms with E-state index in [4.69, 9.17) is 4.43 Å². The summed E-state index contributed by atoms with van der Waals surface area (Å²) in [6.45, 7) is 10.4. The van der Waals surface area contributed by atoms with Gasteiger partial charge in [-0.05, 0) is 36.5 Å². The third-order valence-corrected chi connectivity index (χ3v) is 3.86. The highest BCUT2D eigenvalue weighted by Crippen LogP contribution is 2.15. The summed E-state index contributed by atoms with van der Waals surface area (Å²) in [5, 5.41) is 1.32. The molecule has 0 unspecified atom stereocenters. The maximum Gasteiger partial charge on any atom is 0.242 e. The lowest BCUT2D eigenvalue weighted by atomic mass is 10.2. The average molecular weight is 222 g/mol. The van der Waals surface area contributed by atoms with Crippen LogP contribution in [0.25, 0.3) is 6.08 Å². The van der Waals surface area contributed by atoms with E-state index in [2.05, 4.69) is 38.4 Å². The quantitative estimate of drug-likeness (QED) is 0.705. The van der Waals surface area contributed by atoms with Gasteiger partial charge in [0.05, 0.1) is 0 Å². The summed E-state index contributed by atoms with van der Waals surface area (Å²) in [7, 11) is -0.471. The standard InChI is InChI=1S/C11H18OSi2/c1-5-9-7-6-8-10(11(9)13)12-14(2,3)4/h5-8H,1H2,2-4,13H3. The lowest BCUT2D eigenvalue weighted by Crippen LogP contribution is -2.32. The van der Waals surface area contributed by atoms with E-state index in [1.807, 2.05) is 12.1 Å². The molecule has 0 saturated heterocycles. The van der Waals surface area contributed by atoms with Crippen LogP contribution in [-0.4, -0.2) is 18.6 Å². The minimum Gasteiger partial charge on any atom is -0.544 e. The largest absolute Gasteiger partial charge is 0.544 e. The van der Waals surface area contributed by atoms with Gasteiger partial charge in [0.25, 0.3) is 0 Å². The van der Waals surface area contributed by atoms with Crippen LogP contribution < -0.4 is 9.61 Å². The molecule has 76 valence electrons. The first kappa shape index (κ1) is 11.3. The summed E-state index contributed by atoms with van der Waals surface area (Å²) < 4.78 is 6.00. The molecule has 0 radical (unpaired) electrons. The molecule has 0 atom stereocenters. The highest BCUT2D eigenvalue weighted by molar-refractivity contribution is 6.70. The van der Waals surface area contributed by atoms with Crippen molar-refractivity contribution in [3.63, 3.8) is 0 Å². The SMILES string of the molecule is C=Cc1cccc(O[Si](C)(C)C)c1[SiH3]. The lowest BCUT2D eigenvalue weighted by molar-refractivity contribution is 0.562. The molecule has 3 heteroatoms. The smallest absolute Gasteiger partial charge is 0.242 e. The fourth-order valence-electron chi connectivity index (χ4n) is 1.29. The number of hydrogen-bond acceptors (Lipinski definition) is 1. The Bertz CT molecular complexity index is 340. The van der Waals surface area contributed by atoms with Crippen LogP contribution in [-0.2, 0) is 0 Å². The van der Waals surface area contributed by atoms with Crippen LogP contribution in [0.3, 0.4) is 0 Å². The Balaban J connectivity index is 3.04. The Morgan fingerprint density at radius 3 is 2.50 bits per heavy atom. The van der Waals surface area contributed by atoms with Crippen molar-refractivity contribution in [2.75, 3.05) is 0 Å². The minimum atomic E-state index is -1.48. The van der Waals surface area contributed by atoms with Crippen LogP contribution >= 0.6 is 0 Å². The van der Waals surface area contributed by atoms with E-state index < -0.39 is 8.32 Å². The summed E-state index contributed by atoms with van der Waals surface area (Å²) in [5.74, 6) is 1.06. The predicted octanol–water partition coefficient (Wildman–Crippen LogP) is 1.53. The fourth-order valence-corrected chi connectivity index (χ4v) is 3.02. The molecule has 0 heterocycles. The Morgan fingerprint density at radius 2 is 2.00 bits per heavy atom. The van der Waals surface area contributed by atoms with Gasteiger partial charge in [0, 0.05) is 10.2 Å². The molecule has 1 aromatic carbocycles. The monoisotopic (exact) mass is 222 g/mol. The fraction of sp³-hybridized carbons (Fsp3) is 0.273. The summed E-state index contributed by atoms with van der Waals surface area (Å²) in [5.41, 5.74) is 1.22. The normalized spacial score (nSPS) is 11.4. The van der Waals surface area contributed by atoms with Gasteiger partial charge >= 0.3 is 0 Å². The second-order valence-corrected chi connectivity index (χ2v) is 9.82. The van der Waals surface area contributed by atoms with Gasteiger partial charge in [-0.1, -0.05) is 24.8 Å². The minimum absolute atomic E-state index is 1.01. The van der Waals surface area contributed by atoms with E-state index >= 15 is 0 Å². The maximum absolute atomic E-state index is 6.00. The third kappa shape index (κ3) is 2.85. The maximum atomic E-state index is 6.00. The second-order valence-electron chi connectivity index (χ2n) is 4.39. The Hall–Kier alpha value is -0.806. The van der Waals surface area contributed by atoms with Gasteiger partial charge in [-0.3, -0.25) is 0 Å². The van der Waals surface area contributed by atoms with Crippen molar-refractivity contribution in [1.29, 1.82) is 0 Å². The Kier molecular flexibility index (Phi) is 3.34. The molecule has 14 heavy (non-hydrogen) atoms. The van der Waals surface area contributed by atoms with Crippen molar-refractivity contribution in [1.82, 2.24) is 0 Å². The average Bonchev–Trinajstić information content (AvgIpc) is 2.06. The highest BCUT2D eigenvalue weighted by Gasteiger charge is 2.17. The van der Waals surface area contributed by atoms with Gasteiger partial charge in [-0.2, -0.15) is 0 Å². The molecule has 1 aromatic rings. The lowest BCUT2D eigenvalue weighted by Gasteiger charge is -2.21. The first-order chi connectivity index (χ1) is 6.44.